The zero-order valence-electron chi connectivity index (χ0n) is 8.20. The van der Waals surface area contributed by atoms with Gasteiger partial charge in [-0.25, -0.2) is 4.63 Å². The SMILES string of the molecule is Cc1nonc1CNc1ccc(I)cc1. The first-order valence-corrected chi connectivity index (χ1v) is 5.61. The molecular formula is C10H10IN3O. The van der Waals surface area contributed by atoms with Gasteiger partial charge in [-0.2, -0.15) is 0 Å². The number of rotatable bonds is 3. The summed E-state index contributed by atoms with van der Waals surface area (Å²) < 4.78 is 5.83. The lowest BCUT2D eigenvalue weighted by Gasteiger charge is -2.03. The van der Waals surface area contributed by atoms with Crippen LogP contribution in [0.2, 0.25) is 0 Å². The molecule has 78 valence electrons. The maximum Gasteiger partial charge on any atom is 0.127 e. The van der Waals surface area contributed by atoms with Gasteiger partial charge in [-0.3, -0.25) is 0 Å². The number of nitrogens with zero attached hydrogens (tertiary/aromatic N) is 2. The molecule has 0 radical (unpaired) electrons. The predicted octanol–water partition coefficient (Wildman–Crippen LogP) is 2.59. The van der Waals surface area contributed by atoms with E-state index >= 15 is 0 Å². The van der Waals surface area contributed by atoms with Crippen LogP contribution in [0.1, 0.15) is 11.4 Å². The molecule has 0 atom stereocenters. The van der Waals surface area contributed by atoms with E-state index in [2.05, 4.69) is 55.0 Å². The normalized spacial score (nSPS) is 10.3. The third-order valence-corrected chi connectivity index (χ3v) is 2.77. The molecule has 1 N–H and O–H groups in total. The maximum absolute atomic E-state index is 4.61. The van der Waals surface area contributed by atoms with Crippen LogP contribution in [0, 0.1) is 10.5 Å². The Morgan fingerprint density at radius 3 is 2.60 bits per heavy atom. The Hall–Kier alpha value is -1.11. The van der Waals surface area contributed by atoms with Gasteiger partial charge in [-0.05, 0) is 53.8 Å². The summed E-state index contributed by atoms with van der Waals surface area (Å²) in [6.07, 6.45) is 0. The Labute approximate surface area is 101 Å². The summed E-state index contributed by atoms with van der Waals surface area (Å²) in [5, 5.41) is 10.8. The van der Waals surface area contributed by atoms with E-state index in [1.807, 2.05) is 19.1 Å². The van der Waals surface area contributed by atoms with Gasteiger partial charge in [0.15, 0.2) is 0 Å². The first kappa shape index (κ1) is 10.4. The lowest BCUT2D eigenvalue weighted by Crippen LogP contribution is -2.01. The molecule has 1 aromatic heterocycles. The van der Waals surface area contributed by atoms with Crippen molar-refractivity contribution in [2.75, 3.05) is 5.32 Å². The molecule has 5 heteroatoms. The number of hydrogen-bond acceptors (Lipinski definition) is 4. The fourth-order valence-electron chi connectivity index (χ4n) is 1.16. The second kappa shape index (κ2) is 4.61. The summed E-state index contributed by atoms with van der Waals surface area (Å²) in [4.78, 5) is 0. The summed E-state index contributed by atoms with van der Waals surface area (Å²) in [6, 6.07) is 8.17. The minimum atomic E-state index is 0.635. The lowest BCUT2D eigenvalue weighted by molar-refractivity contribution is 0.301. The number of aromatic nitrogens is 2. The molecule has 15 heavy (non-hydrogen) atoms. The minimum Gasteiger partial charge on any atom is -0.379 e. The number of aryl methyl sites for hydroxylation is 1. The standard InChI is InChI=1S/C10H10IN3O/c1-7-10(14-15-13-7)6-12-9-4-2-8(11)3-5-9/h2-5,12H,6H2,1H3. The fraction of sp³-hybridized carbons (Fsp3) is 0.200. The van der Waals surface area contributed by atoms with Crippen molar-refractivity contribution in [1.82, 2.24) is 10.3 Å². The van der Waals surface area contributed by atoms with Crippen LogP contribution in [-0.4, -0.2) is 10.3 Å². The highest BCUT2D eigenvalue weighted by molar-refractivity contribution is 14.1. The van der Waals surface area contributed by atoms with Gasteiger partial charge < -0.3 is 5.32 Å². The molecule has 0 saturated carbocycles. The molecule has 0 bridgehead atoms. The van der Waals surface area contributed by atoms with Crippen molar-refractivity contribution in [3.63, 3.8) is 0 Å². The Morgan fingerprint density at radius 2 is 2.00 bits per heavy atom. The number of hydrogen-bond donors (Lipinski definition) is 1. The first-order valence-electron chi connectivity index (χ1n) is 4.53. The molecule has 0 saturated heterocycles. The van der Waals surface area contributed by atoms with Gasteiger partial charge in [0, 0.05) is 9.26 Å². The van der Waals surface area contributed by atoms with E-state index in [-0.39, 0.29) is 0 Å². The van der Waals surface area contributed by atoms with E-state index in [0.29, 0.717) is 6.54 Å². The van der Waals surface area contributed by atoms with Crippen LogP contribution in [0.4, 0.5) is 5.69 Å². The molecule has 0 unspecified atom stereocenters. The smallest absolute Gasteiger partial charge is 0.127 e. The minimum absolute atomic E-state index is 0.635. The second-order valence-electron chi connectivity index (χ2n) is 3.16. The number of anilines is 1. The second-order valence-corrected chi connectivity index (χ2v) is 4.40. The van der Waals surface area contributed by atoms with Crippen LogP contribution < -0.4 is 5.32 Å². The molecule has 2 aromatic rings. The molecule has 0 amide bonds. The average molecular weight is 315 g/mol. The number of benzene rings is 1. The molecule has 4 nitrogen and oxygen atoms in total. The van der Waals surface area contributed by atoms with Gasteiger partial charge >= 0.3 is 0 Å². The average Bonchev–Trinajstić information content (AvgIpc) is 2.63. The Kier molecular flexibility index (Phi) is 3.20. The van der Waals surface area contributed by atoms with Crippen molar-refractivity contribution >= 4 is 28.3 Å². The van der Waals surface area contributed by atoms with E-state index in [9.17, 15) is 0 Å². The van der Waals surface area contributed by atoms with Crippen LogP contribution in [0.5, 0.6) is 0 Å². The zero-order chi connectivity index (χ0) is 10.7. The monoisotopic (exact) mass is 315 g/mol. The van der Waals surface area contributed by atoms with Crippen LogP contribution in [0.3, 0.4) is 0 Å². The van der Waals surface area contributed by atoms with Gasteiger partial charge in [0.25, 0.3) is 0 Å². The molecule has 1 heterocycles. The van der Waals surface area contributed by atoms with Crippen LogP contribution in [-0.2, 0) is 6.54 Å². The lowest BCUT2D eigenvalue weighted by atomic mass is 10.3. The summed E-state index contributed by atoms with van der Waals surface area (Å²) in [7, 11) is 0. The highest BCUT2D eigenvalue weighted by Gasteiger charge is 2.03. The van der Waals surface area contributed by atoms with Gasteiger partial charge in [-0.1, -0.05) is 10.3 Å². The van der Waals surface area contributed by atoms with Crippen molar-refractivity contribution in [2.24, 2.45) is 0 Å². The molecule has 0 spiro atoms. The topological polar surface area (TPSA) is 51.0 Å². The van der Waals surface area contributed by atoms with Gasteiger partial charge in [0.1, 0.15) is 11.4 Å². The maximum atomic E-state index is 4.61. The highest BCUT2D eigenvalue weighted by atomic mass is 127. The third kappa shape index (κ3) is 2.68. The van der Waals surface area contributed by atoms with Crippen molar-refractivity contribution in [3.05, 3.63) is 39.2 Å². The van der Waals surface area contributed by atoms with Crippen molar-refractivity contribution in [3.8, 4) is 0 Å². The van der Waals surface area contributed by atoms with Gasteiger partial charge in [-0.15, -0.1) is 0 Å². The van der Waals surface area contributed by atoms with Crippen LogP contribution >= 0.6 is 22.6 Å². The van der Waals surface area contributed by atoms with E-state index in [1.54, 1.807) is 0 Å². The van der Waals surface area contributed by atoms with E-state index in [4.69, 9.17) is 0 Å². The van der Waals surface area contributed by atoms with E-state index in [0.717, 1.165) is 17.1 Å². The van der Waals surface area contributed by atoms with Crippen molar-refractivity contribution in [1.29, 1.82) is 0 Å². The van der Waals surface area contributed by atoms with Gasteiger partial charge in [0.05, 0.1) is 6.54 Å². The van der Waals surface area contributed by atoms with E-state index in [1.165, 1.54) is 3.57 Å². The summed E-state index contributed by atoms with van der Waals surface area (Å²) in [5.41, 5.74) is 2.74. The van der Waals surface area contributed by atoms with Crippen LogP contribution in [0.15, 0.2) is 28.9 Å². The molecule has 2 rings (SSSR count). The fourth-order valence-corrected chi connectivity index (χ4v) is 1.52. The van der Waals surface area contributed by atoms with Crippen molar-refractivity contribution < 1.29 is 4.63 Å². The molecule has 0 aliphatic carbocycles. The predicted molar refractivity (Wildman–Crippen MR) is 65.5 cm³/mol. The number of halogens is 1. The molecular weight excluding hydrogens is 305 g/mol. The van der Waals surface area contributed by atoms with E-state index < -0.39 is 0 Å². The zero-order valence-corrected chi connectivity index (χ0v) is 10.4. The van der Waals surface area contributed by atoms with Gasteiger partial charge in [0.2, 0.25) is 0 Å². The molecule has 1 aromatic carbocycles. The van der Waals surface area contributed by atoms with Crippen LogP contribution in [0.25, 0.3) is 0 Å². The number of nitrogens with one attached hydrogen (secondary N) is 1. The molecule has 0 aliphatic heterocycles. The Morgan fingerprint density at radius 1 is 1.27 bits per heavy atom. The van der Waals surface area contributed by atoms with Crippen molar-refractivity contribution in [2.45, 2.75) is 13.5 Å². The Balaban J connectivity index is 1.99. The molecule has 0 aliphatic rings. The first-order chi connectivity index (χ1) is 7.25. The quantitative estimate of drug-likeness (QED) is 0.885. The summed E-state index contributed by atoms with van der Waals surface area (Å²) in [6.45, 7) is 2.51. The largest absolute Gasteiger partial charge is 0.379 e. The third-order valence-electron chi connectivity index (χ3n) is 2.05. The summed E-state index contributed by atoms with van der Waals surface area (Å²) in [5.74, 6) is 0. The summed E-state index contributed by atoms with van der Waals surface area (Å²) >= 11 is 2.28. The highest BCUT2D eigenvalue weighted by Crippen LogP contribution is 2.12. The Bertz CT molecular complexity index is 438. The molecule has 0 fully saturated rings.